The summed E-state index contributed by atoms with van der Waals surface area (Å²) in [4.78, 5) is 0. The largest absolute Gasteiger partial charge is 0.0616 e. The van der Waals surface area contributed by atoms with Gasteiger partial charge >= 0.3 is 0 Å². The molecule has 0 spiro atoms. The van der Waals surface area contributed by atoms with Crippen molar-refractivity contribution in [3.8, 4) is 0 Å². The van der Waals surface area contributed by atoms with Crippen LogP contribution in [0.15, 0.2) is 36.4 Å². The van der Waals surface area contributed by atoms with Crippen molar-refractivity contribution in [3.63, 3.8) is 0 Å². The van der Waals surface area contributed by atoms with Gasteiger partial charge in [0.25, 0.3) is 0 Å². The van der Waals surface area contributed by atoms with Gasteiger partial charge in [0, 0.05) is 0 Å². The molecule has 0 saturated heterocycles. The SMILES string of the molecule is [c]1c(C2CCC2)ccc2ccccc12. The smallest absolute Gasteiger partial charge is 0.00614 e. The molecule has 0 N–H and O–H groups in total. The topological polar surface area (TPSA) is 0 Å². The normalized spacial score (nSPS) is 16.9. The summed E-state index contributed by atoms with van der Waals surface area (Å²) in [6.07, 6.45) is 4.11. The third-order valence-corrected chi connectivity index (χ3v) is 3.23. The van der Waals surface area contributed by atoms with Gasteiger partial charge in [-0.25, -0.2) is 0 Å². The average Bonchev–Trinajstić information content (AvgIpc) is 2.15. The van der Waals surface area contributed by atoms with Gasteiger partial charge in [0.2, 0.25) is 0 Å². The Morgan fingerprint density at radius 1 is 1.00 bits per heavy atom. The molecule has 1 saturated carbocycles. The molecule has 0 amide bonds. The number of fused-ring (bicyclic) bond motifs is 1. The molecule has 0 aromatic heterocycles. The lowest BCUT2D eigenvalue weighted by Gasteiger charge is -2.25. The number of hydrogen-bond acceptors (Lipinski definition) is 0. The van der Waals surface area contributed by atoms with Crippen LogP contribution in [0.1, 0.15) is 30.7 Å². The highest BCUT2D eigenvalue weighted by molar-refractivity contribution is 5.82. The quantitative estimate of drug-likeness (QED) is 0.625. The van der Waals surface area contributed by atoms with Crippen LogP contribution in [0, 0.1) is 6.07 Å². The number of benzene rings is 2. The van der Waals surface area contributed by atoms with Crippen LogP contribution in [-0.4, -0.2) is 0 Å². The van der Waals surface area contributed by atoms with E-state index in [2.05, 4.69) is 42.5 Å². The first-order valence-corrected chi connectivity index (χ1v) is 5.34. The van der Waals surface area contributed by atoms with Gasteiger partial charge < -0.3 is 0 Å². The van der Waals surface area contributed by atoms with E-state index in [0.29, 0.717) is 0 Å². The Hall–Kier alpha value is -1.30. The molecule has 1 aliphatic carbocycles. The fourth-order valence-corrected chi connectivity index (χ4v) is 2.09. The second-order valence-corrected chi connectivity index (χ2v) is 4.13. The van der Waals surface area contributed by atoms with Crippen molar-refractivity contribution in [3.05, 3.63) is 48.0 Å². The molecule has 2 aromatic rings. The number of hydrogen-bond donors (Lipinski definition) is 0. The molecule has 1 fully saturated rings. The maximum Gasteiger partial charge on any atom is -0.00614 e. The van der Waals surface area contributed by atoms with E-state index in [1.807, 2.05) is 0 Å². The van der Waals surface area contributed by atoms with Gasteiger partial charge in [-0.3, -0.25) is 0 Å². The molecule has 14 heavy (non-hydrogen) atoms. The molecule has 3 rings (SSSR count). The summed E-state index contributed by atoms with van der Waals surface area (Å²) >= 11 is 0. The van der Waals surface area contributed by atoms with E-state index in [1.165, 1.54) is 35.6 Å². The molecule has 0 aliphatic heterocycles. The van der Waals surface area contributed by atoms with E-state index in [4.69, 9.17) is 0 Å². The van der Waals surface area contributed by atoms with E-state index in [9.17, 15) is 0 Å². The lowest BCUT2D eigenvalue weighted by atomic mass is 9.79. The van der Waals surface area contributed by atoms with Crippen molar-refractivity contribution in [1.82, 2.24) is 0 Å². The first-order chi connectivity index (χ1) is 6.93. The predicted molar refractivity (Wildman–Crippen MR) is 59.4 cm³/mol. The summed E-state index contributed by atoms with van der Waals surface area (Å²) < 4.78 is 0. The van der Waals surface area contributed by atoms with Crippen LogP contribution < -0.4 is 0 Å². The van der Waals surface area contributed by atoms with Gasteiger partial charge in [-0.1, -0.05) is 42.8 Å². The Morgan fingerprint density at radius 3 is 2.64 bits per heavy atom. The first kappa shape index (κ1) is 8.05. The molecule has 69 valence electrons. The van der Waals surface area contributed by atoms with Crippen molar-refractivity contribution < 1.29 is 0 Å². The van der Waals surface area contributed by atoms with E-state index < -0.39 is 0 Å². The Bertz CT molecular complexity index is 452. The van der Waals surface area contributed by atoms with Crippen molar-refractivity contribution in [2.24, 2.45) is 0 Å². The second kappa shape index (κ2) is 3.13. The maximum absolute atomic E-state index is 3.53. The fourth-order valence-electron chi connectivity index (χ4n) is 2.09. The zero-order valence-electron chi connectivity index (χ0n) is 8.16. The molecule has 0 heterocycles. The zero-order valence-corrected chi connectivity index (χ0v) is 8.16. The summed E-state index contributed by atoms with van der Waals surface area (Å²) in [6.45, 7) is 0. The highest BCUT2D eigenvalue weighted by Crippen LogP contribution is 2.36. The molecular weight excluding hydrogens is 168 g/mol. The Morgan fingerprint density at radius 2 is 1.86 bits per heavy atom. The molecule has 2 aromatic carbocycles. The Kier molecular flexibility index (Phi) is 1.80. The van der Waals surface area contributed by atoms with E-state index in [-0.39, 0.29) is 0 Å². The highest BCUT2D eigenvalue weighted by Gasteiger charge is 2.19. The van der Waals surface area contributed by atoms with E-state index >= 15 is 0 Å². The van der Waals surface area contributed by atoms with Gasteiger partial charge in [0.05, 0.1) is 0 Å². The minimum absolute atomic E-state index is 0.791. The minimum Gasteiger partial charge on any atom is -0.0616 e. The minimum atomic E-state index is 0.791. The zero-order chi connectivity index (χ0) is 9.38. The maximum atomic E-state index is 3.53. The van der Waals surface area contributed by atoms with E-state index in [0.717, 1.165) is 5.92 Å². The van der Waals surface area contributed by atoms with Gasteiger partial charge in [-0.15, -0.1) is 0 Å². The second-order valence-electron chi connectivity index (χ2n) is 4.13. The van der Waals surface area contributed by atoms with Crippen LogP contribution in [0.25, 0.3) is 10.8 Å². The Balaban J connectivity index is 2.10. The van der Waals surface area contributed by atoms with Crippen molar-refractivity contribution in [1.29, 1.82) is 0 Å². The molecule has 0 nitrogen and oxygen atoms in total. The monoisotopic (exact) mass is 181 g/mol. The van der Waals surface area contributed by atoms with Crippen molar-refractivity contribution >= 4 is 10.8 Å². The van der Waals surface area contributed by atoms with Crippen LogP contribution in [0.5, 0.6) is 0 Å². The molecule has 1 radical (unpaired) electrons. The van der Waals surface area contributed by atoms with Crippen LogP contribution in [0.3, 0.4) is 0 Å². The summed E-state index contributed by atoms with van der Waals surface area (Å²) in [5.41, 5.74) is 1.41. The number of rotatable bonds is 1. The predicted octanol–water partition coefficient (Wildman–Crippen LogP) is 3.91. The van der Waals surface area contributed by atoms with Gasteiger partial charge in [0.15, 0.2) is 0 Å². The molecule has 0 bridgehead atoms. The summed E-state index contributed by atoms with van der Waals surface area (Å²) in [7, 11) is 0. The summed E-state index contributed by atoms with van der Waals surface area (Å²) in [5.74, 6) is 0.791. The summed E-state index contributed by atoms with van der Waals surface area (Å²) in [5, 5.41) is 2.56. The van der Waals surface area contributed by atoms with E-state index in [1.54, 1.807) is 0 Å². The van der Waals surface area contributed by atoms with Gasteiger partial charge in [0.1, 0.15) is 0 Å². The Labute approximate surface area is 84.6 Å². The van der Waals surface area contributed by atoms with Gasteiger partial charge in [-0.2, -0.15) is 0 Å². The molecule has 0 unspecified atom stereocenters. The third kappa shape index (κ3) is 1.22. The fraction of sp³-hybridized carbons (Fsp3) is 0.286. The highest BCUT2D eigenvalue weighted by atomic mass is 14.2. The lowest BCUT2D eigenvalue weighted by molar-refractivity contribution is 0.419. The molecule has 1 aliphatic rings. The summed E-state index contributed by atoms with van der Waals surface area (Å²) in [6, 6.07) is 16.5. The molecule has 0 heteroatoms. The average molecular weight is 181 g/mol. The standard InChI is InChI=1S/C14H13/c1-2-5-13-10-14(11-6-3-7-11)9-8-12(13)4-1/h1-2,4-5,8-9,11H,3,6-7H2. The van der Waals surface area contributed by atoms with Crippen molar-refractivity contribution in [2.45, 2.75) is 25.2 Å². The molecular formula is C14H13. The van der Waals surface area contributed by atoms with Crippen LogP contribution >= 0.6 is 0 Å². The van der Waals surface area contributed by atoms with Crippen LogP contribution in [0.2, 0.25) is 0 Å². The molecule has 0 atom stereocenters. The van der Waals surface area contributed by atoms with Crippen molar-refractivity contribution in [2.75, 3.05) is 0 Å². The van der Waals surface area contributed by atoms with Crippen LogP contribution in [0.4, 0.5) is 0 Å². The first-order valence-electron chi connectivity index (χ1n) is 5.34. The lowest BCUT2D eigenvalue weighted by Crippen LogP contribution is -2.08. The van der Waals surface area contributed by atoms with Crippen LogP contribution in [-0.2, 0) is 0 Å². The van der Waals surface area contributed by atoms with Gasteiger partial charge in [-0.05, 0) is 41.2 Å². The third-order valence-electron chi connectivity index (χ3n) is 3.23.